The fourth-order valence-corrected chi connectivity index (χ4v) is 5.41. The van der Waals surface area contributed by atoms with Gasteiger partial charge in [-0.3, -0.25) is 9.80 Å². The molecule has 3 aromatic rings. The fraction of sp³-hybridized carbons (Fsp3) is 0.321. The Morgan fingerprint density at radius 1 is 0.972 bits per heavy atom. The Hall–Kier alpha value is -3.03. The standard InChI is InChI=1S/C28H26ClF3N2O2/c1-19-15-23(22-9-5-6-10-25(22)29)20(16-24(19)28(30,31)32)17-33-13-11-27(12-14-33)18-34(26(35)36-27)21-7-3-2-4-8-21/h2-10,15-16H,11-14,17-18H2,1H3. The topological polar surface area (TPSA) is 32.8 Å². The summed E-state index contributed by atoms with van der Waals surface area (Å²) in [6.45, 7) is 3.50. The third-order valence-corrected chi connectivity index (χ3v) is 7.45. The normalized spacial score (nSPS) is 18.0. The van der Waals surface area contributed by atoms with Gasteiger partial charge in [0.1, 0.15) is 5.60 Å². The van der Waals surface area contributed by atoms with Gasteiger partial charge in [0.15, 0.2) is 0 Å². The second kappa shape index (κ2) is 9.45. The van der Waals surface area contributed by atoms with E-state index in [9.17, 15) is 18.0 Å². The average Bonchev–Trinajstić information content (AvgIpc) is 3.17. The zero-order valence-electron chi connectivity index (χ0n) is 19.8. The Morgan fingerprint density at radius 3 is 2.31 bits per heavy atom. The summed E-state index contributed by atoms with van der Waals surface area (Å²) in [6, 6.07) is 19.4. The van der Waals surface area contributed by atoms with Crippen LogP contribution in [-0.2, 0) is 17.5 Å². The second-order valence-corrected chi connectivity index (χ2v) is 9.96. The number of aryl methyl sites for hydroxylation is 1. The molecule has 0 atom stereocenters. The van der Waals surface area contributed by atoms with Gasteiger partial charge in [0, 0.05) is 48.7 Å². The molecule has 0 aliphatic carbocycles. The molecular formula is C28H26ClF3N2O2. The number of likely N-dealkylation sites (tertiary alicyclic amines) is 1. The number of carbonyl (C=O) groups excluding carboxylic acids is 1. The highest BCUT2D eigenvalue weighted by Gasteiger charge is 2.47. The van der Waals surface area contributed by atoms with Crippen LogP contribution in [0.4, 0.5) is 23.7 Å². The molecule has 5 rings (SSSR count). The van der Waals surface area contributed by atoms with Gasteiger partial charge in [-0.15, -0.1) is 0 Å². The highest BCUT2D eigenvalue weighted by atomic mass is 35.5. The van der Waals surface area contributed by atoms with Gasteiger partial charge in [-0.1, -0.05) is 54.1 Å². The summed E-state index contributed by atoms with van der Waals surface area (Å²) in [5.74, 6) is 0. The molecule has 4 nitrogen and oxygen atoms in total. The first-order valence-corrected chi connectivity index (χ1v) is 12.3. The molecule has 1 amide bonds. The Bertz CT molecular complexity index is 1270. The summed E-state index contributed by atoms with van der Waals surface area (Å²) < 4.78 is 47.1. The smallest absolute Gasteiger partial charge is 0.416 e. The van der Waals surface area contributed by atoms with Crippen molar-refractivity contribution in [3.05, 3.63) is 88.4 Å². The quantitative estimate of drug-likeness (QED) is 0.365. The molecule has 0 bridgehead atoms. The summed E-state index contributed by atoms with van der Waals surface area (Å²) in [5.41, 5.74) is 1.73. The van der Waals surface area contributed by atoms with Gasteiger partial charge in [0.2, 0.25) is 0 Å². The van der Waals surface area contributed by atoms with Crippen molar-refractivity contribution < 1.29 is 22.7 Å². The fourth-order valence-electron chi connectivity index (χ4n) is 5.17. The van der Waals surface area contributed by atoms with Crippen LogP contribution < -0.4 is 4.90 Å². The molecular weight excluding hydrogens is 489 g/mol. The van der Waals surface area contributed by atoms with E-state index in [1.165, 1.54) is 13.0 Å². The third-order valence-electron chi connectivity index (χ3n) is 7.12. The molecule has 0 saturated carbocycles. The molecule has 188 valence electrons. The number of amides is 1. The molecule has 0 radical (unpaired) electrons. The van der Waals surface area contributed by atoms with Crippen LogP contribution in [-0.4, -0.2) is 36.2 Å². The van der Waals surface area contributed by atoms with Crippen molar-refractivity contribution in [2.24, 2.45) is 0 Å². The molecule has 2 saturated heterocycles. The SMILES string of the molecule is Cc1cc(-c2ccccc2Cl)c(CN2CCC3(CC2)CN(c2ccccc2)C(=O)O3)cc1C(F)(F)F. The molecule has 1 spiro atoms. The van der Waals surface area contributed by atoms with E-state index in [1.807, 2.05) is 42.5 Å². The summed E-state index contributed by atoms with van der Waals surface area (Å²) in [7, 11) is 0. The molecule has 3 aromatic carbocycles. The molecule has 0 N–H and O–H groups in total. The number of nitrogens with zero attached hydrogens (tertiary/aromatic N) is 2. The lowest BCUT2D eigenvalue weighted by Crippen LogP contribution is -2.46. The van der Waals surface area contributed by atoms with Crippen LogP contribution in [0.25, 0.3) is 11.1 Å². The van der Waals surface area contributed by atoms with Crippen LogP contribution in [0.2, 0.25) is 5.02 Å². The van der Waals surface area contributed by atoms with E-state index in [2.05, 4.69) is 4.90 Å². The monoisotopic (exact) mass is 514 g/mol. The number of anilines is 1. The van der Waals surface area contributed by atoms with Crippen LogP contribution in [0.5, 0.6) is 0 Å². The minimum atomic E-state index is -4.44. The molecule has 8 heteroatoms. The van der Waals surface area contributed by atoms with Gasteiger partial charge in [-0.25, -0.2) is 4.79 Å². The lowest BCUT2D eigenvalue weighted by molar-refractivity contribution is -0.138. The van der Waals surface area contributed by atoms with Gasteiger partial charge in [0.05, 0.1) is 12.1 Å². The second-order valence-electron chi connectivity index (χ2n) is 9.55. The van der Waals surface area contributed by atoms with Crippen LogP contribution in [0, 0.1) is 6.92 Å². The maximum Gasteiger partial charge on any atom is 0.416 e. The zero-order valence-corrected chi connectivity index (χ0v) is 20.6. The van der Waals surface area contributed by atoms with E-state index < -0.39 is 17.3 Å². The van der Waals surface area contributed by atoms with Gasteiger partial charge in [-0.05, 0) is 47.9 Å². The Kier molecular flexibility index (Phi) is 6.47. The summed E-state index contributed by atoms with van der Waals surface area (Å²) in [6.07, 6.45) is -3.57. The molecule has 0 unspecified atom stereocenters. The van der Waals surface area contributed by atoms with Gasteiger partial charge < -0.3 is 4.74 Å². The Labute approximate surface area is 213 Å². The third kappa shape index (κ3) is 4.82. The predicted octanol–water partition coefficient (Wildman–Crippen LogP) is 7.33. The largest absolute Gasteiger partial charge is 0.441 e. The number of benzene rings is 3. The Morgan fingerprint density at radius 2 is 1.64 bits per heavy atom. The molecule has 2 heterocycles. The van der Waals surface area contributed by atoms with Crippen LogP contribution in [0.1, 0.15) is 29.5 Å². The first kappa shape index (κ1) is 24.7. The number of carbonyl (C=O) groups is 1. The van der Waals surface area contributed by atoms with Crippen LogP contribution in [0.3, 0.4) is 0 Å². The highest BCUT2D eigenvalue weighted by Crippen LogP contribution is 2.40. The average molecular weight is 515 g/mol. The molecule has 2 aliphatic rings. The summed E-state index contributed by atoms with van der Waals surface area (Å²) in [5, 5.41) is 0.495. The minimum absolute atomic E-state index is 0.164. The maximum atomic E-state index is 13.7. The molecule has 0 aromatic heterocycles. The first-order valence-electron chi connectivity index (χ1n) is 11.9. The van der Waals surface area contributed by atoms with E-state index >= 15 is 0 Å². The lowest BCUT2D eigenvalue weighted by Gasteiger charge is -2.37. The van der Waals surface area contributed by atoms with Crippen molar-refractivity contribution in [1.29, 1.82) is 0 Å². The number of para-hydroxylation sites is 1. The number of rotatable bonds is 4. The van der Waals surface area contributed by atoms with E-state index in [4.69, 9.17) is 16.3 Å². The number of halogens is 4. The Balaban J connectivity index is 1.37. The van der Waals surface area contributed by atoms with E-state index in [0.717, 1.165) is 5.69 Å². The van der Waals surface area contributed by atoms with Crippen LogP contribution >= 0.6 is 11.6 Å². The van der Waals surface area contributed by atoms with Crippen LogP contribution in [0.15, 0.2) is 66.7 Å². The zero-order chi connectivity index (χ0) is 25.5. The van der Waals surface area contributed by atoms with Gasteiger partial charge in [-0.2, -0.15) is 13.2 Å². The van der Waals surface area contributed by atoms with Crippen molar-refractivity contribution in [2.75, 3.05) is 24.5 Å². The maximum absolute atomic E-state index is 13.7. The highest BCUT2D eigenvalue weighted by molar-refractivity contribution is 6.33. The molecule has 36 heavy (non-hydrogen) atoms. The van der Waals surface area contributed by atoms with Gasteiger partial charge in [0.25, 0.3) is 0 Å². The first-order chi connectivity index (χ1) is 17.2. The number of piperidine rings is 1. The number of hydrogen-bond acceptors (Lipinski definition) is 3. The van der Waals surface area contributed by atoms with E-state index in [1.54, 1.807) is 23.1 Å². The van der Waals surface area contributed by atoms with Crippen molar-refractivity contribution in [3.8, 4) is 11.1 Å². The van der Waals surface area contributed by atoms with Crippen molar-refractivity contribution in [1.82, 2.24) is 4.90 Å². The predicted molar refractivity (Wildman–Crippen MR) is 134 cm³/mol. The van der Waals surface area contributed by atoms with Crippen molar-refractivity contribution in [2.45, 2.75) is 38.1 Å². The van der Waals surface area contributed by atoms with E-state index in [-0.39, 0.29) is 11.7 Å². The van der Waals surface area contributed by atoms with E-state index in [0.29, 0.717) is 60.7 Å². The molecule has 2 fully saturated rings. The molecule has 2 aliphatic heterocycles. The van der Waals surface area contributed by atoms with Gasteiger partial charge >= 0.3 is 12.3 Å². The summed E-state index contributed by atoms with van der Waals surface area (Å²) >= 11 is 6.43. The van der Waals surface area contributed by atoms with Crippen molar-refractivity contribution in [3.63, 3.8) is 0 Å². The minimum Gasteiger partial charge on any atom is -0.441 e. The summed E-state index contributed by atoms with van der Waals surface area (Å²) in [4.78, 5) is 16.4. The number of ether oxygens (including phenoxy) is 1. The van der Waals surface area contributed by atoms with Crippen molar-refractivity contribution >= 4 is 23.4 Å². The number of alkyl halides is 3. The lowest BCUT2D eigenvalue weighted by atomic mass is 9.89. The number of hydrogen-bond donors (Lipinski definition) is 0.